The number of benzene rings is 1. The molecule has 20 heavy (non-hydrogen) atoms. The number of nitrogens with zero attached hydrogens (tertiary/aromatic N) is 1. The lowest BCUT2D eigenvalue weighted by Crippen LogP contribution is -2.25. The summed E-state index contributed by atoms with van der Waals surface area (Å²) >= 11 is 12.2. The highest BCUT2D eigenvalue weighted by Crippen LogP contribution is 2.25. The fraction of sp³-hybridized carbons (Fsp3) is 0.312. The number of rotatable bonds is 6. The lowest BCUT2D eigenvalue weighted by molar-refractivity contribution is 0.518. The molecule has 0 spiro atoms. The summed E-state index contributed by atoms with van der Waals surface area (Å²) in [5.41, 5.74) is 2.11. The van der Waals surface area contributed by atoms with Crippen LogP contribution in [0.1, 0.15) is 30.6 Å². The molecule has 1 aromatic carbocycles. The first-order valence-corrected chi connectivity index (χ1v) is 7.54. The molecule has 1 N–H and O–H groups in total. The van der Waals surface area contributed by atoms with Crippen LogP contribution in [-0.2, 0) is 6.42 Å². The van der Waals surface area contributed by atoms with Crippen LogP contribution in [0.15, 0.2) is 42.6 Å². The van der Waals surface area contributed by atoms with Crippen molar-refractivity contribution in [2.24, 2.45) is 0 Å². The van der Waals surface area contributed by atoms with Crippen LogP contribution in [0.25, 0.3) is 0 Å². The van der Waals surface area contributed by atoms with Gasteiger partial charge in [-0.25, -0.2) is 0 Å². The van der Waals surface area contributed by atoms with Gasteiger partial charge in [0.2, 0.25) is 0 Å². The molecule has 2 rings (SSSR count). The number of hydrogen-bond donors (Lipinski definition) is 1. The molecule has 0 aliphatic rings. The Morgan fingerprint density at radius 3 is 2.70 bits per heavy atom. The Bertz CT molecular complexity index is 543. The third-order valence-corrected chi connectivity index (χ3v) is 3.71. The second-order valence-corrected chi connectivity index (χ2v) is 5.54. The lowest BCUT2D eigenvalue weighted by atomic mass is 10.0. The van der Waals surface area contributed by atoms with E-state index in [4.69, 9.17) is 23.2 Å². The zero-order valence-corrected chi connectivity index (χ0v) is 13.0. The molecule has 2 aromatic rings. The Morgan fingerprint density at radius 2 is 2.05 bits per heavy atom. The van der Waals surface area contributed by atoms with Crippen LogP contribution in [0, 0.1) is 0 Å². The predicted molar refractivity (Wildman–Crippen MR) is 85.4 cm³/mol. The van der Waals surface area contributed by atoms with Crippen molar-refractivity contribution in [2.75, 3.05) is 6.54 Å². The zero-order valence-electron chi connectivity index (χ0n) is 11.4. The number of hydrogen-bond acceptors (Lipinski definition) is 2. The SMILES string of the molecule is CCCNC(Cc1ccc(Cl)cc1Cl)c1ccccn1. The summed E-state index contributed by atoms with van der Waals surface area (Å²) < 4.78 is 0. The smallest absolute Gasteiger partial charge is 0.0576 e. The van der Waals surface area contributed by atoms with Crippen LogP contribution >= 0.6 is 23.2 Å². The molecule has 0 saturated heterocycles. The molecule has 0 radical (unpaired) electrons. The van der Waals surface area contributed by atoms with Crippen LogP contribution < -0.4 is 5.32 Å². The van der Waals surface area contributed by atoms with E-state index in [1.165, 1.54) is 0 Å². The van der Waals surface area contributed by atoms with Crippen molar-refractivity contribution in [2.45, 2.75) is 25.8 Å². The maximum atomic E-state index is 6.26. The van der Waals surface area contributed by atoms with Gasteiger partial charge in [-0.2, -0.15) is 0 Å². The molecule has 1 atom stereocenters. The third kappa shape index (κ3) is 4.20. The Kier molecular flexibility index (Phi) is 5.84. The topological polar surface area (TPSA) is 24.9 Å². The van der Waals surface area contributed by atoms with Crippen LogP contribution in [0.3, 0.4) is 0 Å². The van der Waals surface area contributed by atoms with E-state index in [1.54, 1.807) is 6.07 Å². The highest BCUT2D eigenvalue weighted by Gasteiger charge is 2.14. The van der Waals surface area contributed by atoms with E-state index in [2.05, 4.69) is 17.2 Å². The van der Waals surface area contributed by atoms with Gasteiger partial charge in [-0.15, -0.1) is 0 Å². The van der Waals surface area contributed by atoms with Crippen LogP contribution in [0.2, 0.25) is 10.0 Å². The van der Waals surface area contributed by atoms with Crippen molar-refractivity contribution < 1.29 is 0 Å². The van der Waals surface area contributed by atoms with E-state index in [9.17, 15) is 0 Å². The molecule has 0 fully saturated rings. The fourth-order valence-corrected chi connectivity index (χ4v) is 2.57. The molecule has 1 aromatic heterocycles. The molecular weight excluding hydrogens is 291 g/mol. The second kappa shape index (κ2) is 7.63. The molecular formula is C16H18Cl2N2. The van der Waals surface area contributed by atoms with E-state index in [-0.39, 0.29) is 6.04 Å². The second-order valence-electron chi connectivity index (χ2n) is 4.70. The van der Waals surface area contributed by atoms with Crippen LogP contribution in [0.4, 0.5) is 0 Å². The average Bonchev–Trinajstić information content (AvgIpc) is 2.46. The highest BCUT2D eigenvalue weighted by molar-refractivity contribution is 6.35. The van der Waals surface area contributed by atoms with E-state index in [0.717, 1.165) is 30.6 Å². The summed E-state index contributed by atoms with van der Waals surface area (Å²) in [6.45, 7) is 3.10. The molecule has 0 aliphatic heterocycles. The normalized spacial score (nSPS) is 12.3. The van der Waals surface area contributed by atoms with Gasteiger partial charge >= 0.3 is 0 Å². The van der Waals surface area contributed by atoms with Crippen molar-refractivity contribution in [1.29, 1.82) is 0 Å². The van der Waals surface area contributed by atoms with Crippen molar-refractivity contribution in [1.82, 2.24) is 10.3 Å². The quantitative estimate of drug-likeness (QED) is 0.838. The van der Waals surface area contributed by atoms with Gasteiger partial charge in [0, 0.05) is 16.2 Å². The summed E-state index contributed by atoms with van der Waals surface area (Å²) in [6.07, 6.45) is 3.70. The molecule has 0 aliphatic carbocycles. The maximum absolute atomic E-state index is 6.26. The summed E-state index contributed by atoms with van der Waals surface area (Å²) in [5.74, 6) is 0. The monoisotopic (exact) mass is 308 g/mol. The van der Waals surface area contributed by atoms with Gasteiger partial charge in [0.1, 0.15) is 0 Å². The summed E-state index contributed by atoms with van der Waals surface area (Å²) in [4.78, 5) is 4.44. The lowest BCUT2D eigenvalue weighted by Gasteiger charge is -2.19. The first-order chi connectivity index (χ1) is 9.70. The van der Waals surface area contributed by atoms with Crippen molar-refractivity contribution >= 4 is 23.2 Å². The molecule has 0 bridgehead atoms. The van der Waals surface area contributed by atoms with Gasteiger partial charge in [0.25, 0.3) is 0 Å². The van der Waals surface area contributed by atoms with Crippen LogP contribution in [-0.4, -0.2) is 11.5 Å². The van der Waals surface area contributed by atoms with Gasteiger partial charge < -0.3 is 5.32 Å². The van der Waals surface area contributed by atoms with Crippen molar-refractivity contribution in [3.8, 4) is 0 Å². The van der Waals surface area contributed by atoms with Crippen molar-refractivity contribution in [3.05, 3.63) is 63.9 Å². The van der Waals surface area contributed by atoms with Gasteiger partial charge in [0.15, 0.2) is 0 Å². The van der Waals surface area contributed by atoms with Gasteiger partial charge in [-0.1, -0.05) is 42.3 Å². The largest absolute Gasteiger partial charge is 0.308 e. The number of nitrogens with one attached hydrogen (secondary N) is 1. The van der Waals surface area contributed by atoms with E-state index >= 15 is 0 Å². The minimum Gasteiger partial charge on any atom is -0.308 e. The number of aromatic nitrogens is 1. The first-order valence-electron chi connectivity index (χ1n) is 6.79. The van der Waals surface area contributed by atoms with E-state index < -0.39 is 0 Å². The fourth-order valence-electron chi connectivity index (χ4n) is 2.09. The van der Waals surface area contributed by atoms with E-state index in [1.807, 2.05) is 36.5 Å². The van der Waals surface area contributed by atoms with E-state index in [0.29, 0.717) is 10.0 Å². The van der Waals surface area contributed by atoms with Crippen LogP contribution in [0.5, 0.6) is 0 Å². The Morgan fingerprint density at radius 1 is 1.20 bits per heavy atom. The molecule has 1 heterocycles. The Balaban J connectivity index is 2.19. The van der Waals surface area contributed by atoms with Crippen molar-refractivity contribution in [3.63, 3.8) is 0 Å². The molecule has 2 nitrogen and oxygen atoms in total. The highest BCUT2D eigenvalue weighted by atomic mass is 35.5. The summed E-state index contributed by atoms with van der Waals surface area (Å²) in [7, 11) is 0. The molecule has 1 unspecified atom stereocenters. The Hall–Kier alpha value is -1.09. The minimum absolute atomic E-state index is 0.162. The number of pyridine rings is 1. The minimum atomic E-state index is 0.162. The molecule has 106 valence electrons. The van der Waals surface area contributed by atoms with Gasteiger partial charge in [-0.05, 0) is 49.2 Å². The maximum Gasteiger partial charge on any atom is 0.0576 e. The summed E-state index contributed by atoms with van der Waals surface area (Å²) in [6, 6.07) is 11.8. The summed E-state index contributed by atoms with van der Waals surface area (Å²) in [5, 5.41) is 4.89. The third-order valence-electron chi connectivity index (χ3n) is 3.12. The standard InChI is InChI=1S/C16H18Cl2N2/c1-2-8-19-16(15-5-3-4-9-20-15)10-12-6-7-13(17)11-14(12)18/h3-7,9,11,16,19H,2,8,10H2,1H3. The molecule has 4 heteroatoms. The molecule has 0 saturated carbocycles. The number of halogens is 2. The Labute approximate surface area is 130 Å². The molecule has 0 amide bonds. The van der Waals surface area contributed by atoms with Gasteiger partial charge in [-0.3, -0.25) is 4.98 Å². The predicted octanol–water partition coefficient (Wildman–Crippen LogP) is 4.67. The first kappa shape index (κ1) is 15.3. The zero-order chi connectivity index (χ0) is 14.4. The van der Waals surface area contributed by atoms with Gasteiger partial charge in [0.05, 0.1) is 11.7 Å². The average molecular weight is 309 g/mol.